The van der Waals surface area contributed by atoms with Crippen molar-refractivity contribution in [2.24, 2.45) is 0 Å². The summed E-state index contributed by atoms with van der Waals surface area (Å²) in [6.45, 7) is -0.0182. The van der Waals surface area contributed by atoms with Gasteiger partial charge in [0.25, 0.3) is 5.91 Å². The minimum Gasteiger partial charge on any atom is -0.447 e. The Morgan fingerprint density at radius 1 is 1.53 bits per heavy atom. The molecule has 1 aromatic carbocycles. The van der Waals surface area contributed by atoms with Crippen molar-refractivity contribution in [2.45, 2.75) is 6.04 Å². The van der Waals surface area contributed by atoms with Crippen molar-refractivity contribution in [1.29, 1.82) is 0 Å². The number of cyclic esters (lactones) is 1. The van der Waals surface area contributed by atoms with Crippen LogP contribution < -0.4 is 5.32 Å². The van der Waals surface area contributed by atoms with Gasteiger partial charge in [-0.15, -0.1) is 0 Å². The van der Waals surface area contributed by atoms with Crippen LogP contribution in [-0.2, 0) is 9.53 Å². The normalized spacial score (nSPS) is 19.1. The molecule has 17 heavy (non-hydrogen) atoms. The molecule has 1 unspecified atom stereocenters. The predicted octanol–water partition coefficient (Wildman–Crippen LogP) is 1.21. The lowest BCUT2D eigenvalue weighted by Crippen LogP contribution is -2.40. The third-order valence-electron chi connectivity index (χ3n) is 2.55. The Kier molecular flexibility index (Phi) is 2.95. The Morgan fingerprint density at radius 3 is 2.82 bits per heavy atom. The molecule has 6 heteroatoms. The number of anilines is 1. The van der Waals surface area contributed by atoms with Crippen LogP contribution in [0.25, 0.3) is 0 Å². The predicted molar refractivity (Wildman–Crippen MR) is 57.9 cm³/mol. The van der Waals surface area contributed by atoms with Gasteiger partial charge >= 0.3 is 6.09 Å². The summed E-state index contributed by atoms with van der Waals surface area (Å²) >= 11 is 0. The number of rotatable bonds is 2. The van der Waals surface area contributed by atoms with E-state index in [-0.39, 0.29) is 12.3 Å². The van der Waals surface area contributed by atoms with Crippen molar-refractivity contribution in [1.82, 2.24) is 4.90 Å². The van der Waals surface area contributed by atoms with Crippen molar-refractivity contribution in [3.05, 3.63) is 30.1 Å². The number of para-hydroxylation sites is 1. The van der Waals surface area contributed by atoms with E-state index in [2.05, 4.69) is 5.32 Å². The van der Waals surface area contributed by atoms with Crippen LogP contribution in [0, 0.1) is 5.82 Å². The van der Waals surface area contributed by atoms with Crippen molar-refractivity contribution in [3.8, 4) is 0 Å². The van der Waals surface area contributed by atoms with E-state index >= 15 is 0 Å². The molecular formula is C11H11FN2O3. The highest BCUT2D eigenvalue weighted by atomic mass is 19.1. The standard InChI is InChI=1S/C11H11FN2O3/c1-14-9(6-17-11(14)16)10(15)13-8-5-3-2-4-7(8)12/h2-5,9H,6H2,1H3,(H,13,15). The SMILES string of the molecule is CN1C(=O)OCC1C(=O)Nc1ccccc1F. The Morgan fingerprint density at radius 2 is 2.24 bits per heavy atom. The third kappa shape index (κ3) is 2.20. The number of hydrogen-bond donors (Lipinski definition) is 1. The molecule has 0 bridgehead atoms. The Labute approximate surface area is 97.2 Å². The van der Waals surface area contributed by atoms with E-state index in [4.69, 9.17) is 4.74 Å². The molecule has 0 aromatic heterocycles. The number of benzene rings is 1. The van der Waals surface area contributed by atoms with Gasteiger partial charge in [0.2, 0.25) is 0 Å². The van der Waals surface area contributed by atoms with E-state index < -0.39 is 23.9 Å². The lowest BCUT2D eigenvalue weighted by Gasteiger charge is -2.15. The van der Waals surface area contributed by atoms with Gasteiger partial charge in [0, 0.05) is 7.05 Å². The summed E-state index contributed by atoms with van der Waals surface area (Å²) < 4.78 is 18.0. The second-order valence-corrected chi connectivity index (χ2v) is 3.67. The van der Waals surface area contributed by atoms with Crippen LogP contribution in [0.15, 0.2) is 24.3 Å². The number of hydrogen-bond acceptors (Lipinski definition) is 3. The first-order chi connectivity index (χ1) is 8.09. The fourth-order valence-electron chi connectivity index (χ4n) is 1.52. The van der Waals surface area contributed by atoms with Gasteiger partial charge in [-0.05, 0) is 12.1 Å². The average Bonchev–Trinajstić information content (AvgIpc) is 2.63. The molecule has 90 valence electrons. The van der Waals surface area contributed by atoms with E-state index in [1.54, 1.807) is 6.07 Å². The molecule has 0 saturated carbocycles. The average molecular weight is 238 g/mol. The first-order valence-corrected chi connectivity index (χ1v) is 5.04. The van der Waals surface area contributed by atoms with Crippen LogP contribution in [0.1, 0.15) is 0 Å². The van der Waals surface area contributed by atoms with Crippen LogP contribution >= 0.6 is 0 Å². The second kappa shape index (κ2) is 4.40. The number of likely N-dealkylation sites (N-methyl/N-ethyl adjacent to an activating group) is 1. The van der Waals surface area contributed by atoms with Crippen molar-refractivity contribution in [3.63, 3.8) is 0 Å². The maximum atomic E-state index is 13.3. The summed E-state index contributed by atoms with van der Waals surface area (Å²) in [6, 6.07) is 5.11. The molecular weight excluding hydrogens is 227 g/mol. The highest BCUT2D eigenvalue weighted by Gasteiger charge is 2.35. The van der Waals surface area contributed by atoms with Gasteiger partial charge in [0.05, 0.1) is 5.69 Å². The summed E-state index contributed by atoms with van der Waals surface area (Å²) in [5.41, 5.74) is 0.0882. The molecule has 1 heterocycles. The van der Waals surface area contributed by atoms with Gasteiger partial charge < -0.3 is 10.1 Å². The summed E-state index contributed by atoms with van der Waals surface area (Å²) in [4.78, 5) is 24.0. The Bertz CT molecular complexity index is 464. The number of carbonyl (C=O) groups excluding carboxylic acids is 2. The molecule has 0 aliphatic carbocycles. The fraction of sp³-hybridized carbons (Fsp3) is 0.273. The molecule has 2 amide bonds. The highest BCUT2D eigenvalue weighted by molar-refractivity contribution is 5.97. The molecule has 1 fully saturated rings. The molecule has 2 rings (SSSR count). The minimum absolute atomic E-state index is 0.0182. The lowest BCUT2D eigenvalue weighted by atomic mass is 10.2. The number of nitrogens with one attached hydrogen (secondary N) is 1. The summed E-state index contributed by atoms with van der Waals surface area (Å²) in [6.07, 6.45) is -0.557. The minimum atomic E-state index is -0.720. The van der Waals surface area contributed by atoms with Crippen LogP contribution in [0.5, 0.6) is 0 Å². The van der Waals surface area contributed by atoms with Gasteiger partial charge in [0.15, 0.2) is 0 Å². The zero-order valence-electron chi connectivity index (χ0n) is 9.14. The molecule has 1 saturated heterocycles. The first kappa shape index (κ1) is 11.4. The van der Waals surface area contributed by atoms with E-state index in [0.29, 0.717) is 0 Å². The van der Waals surface area contributed by atoms with Gasteiger partial charge in [-0.2, -0.15) is 0 Å². The topological polar surface area (TPSA) is 58.6 Å². The fourth-order valence-corrected chi connectivity index (χ4v) is 1.52. The molecule has 1 aliphatic rings. The van der Waals surface area contributed by atoms with Gasteiger partial charge in [-0.3, -0.25) is 9.69 Å². The van der Waals surface area contributed by atoms with Crippen molar-refractivity contribution >= 4 is 17.7 Å². The lowest BCUT2D eigenvalue weighted by molar-refractivity contribution is -0.119. The molecule has 1 atom stereocenters. The molecule has 1 N–H and O–H groups in total. The van der Waals surface area contributed by atoms with Crippen LogP contribution in [0.3, 0.4) is 0 Å². The van der Waals surface area contributed by atoms with E-state index in [1.165, 1.54) is 30.1 Å². The van der Waals surface area contributed by atoms with E-state index in [9.17, 15) is 14.0 Å². The Balaban J connectivity index is 2.08. The van der Waals surface area contributed by atoms with Crippen molar-refractivity contribution in [2.75, 3.05) is 19.0 Å². The zero-order valence-corrected chi connectivity index (χ0v) is 9.14. The zero-order chi connectivity index (χ0) is 12.4. The van der Waals surface area contributed by atoms with Crippen molar-refractivity contribution < 1.29 is 18.7 Å². The number of ether oxygens (including phenoxy) is 1. The number of amides is 2. The van der Waals surface area contributed by atoms with Crippen LogP contribution in [0.2, 0.25) is 0 Å². The molecule has 5 nitrogen and oxygen atoms in total. The highest BCUT2D eigenvalue weighted by Crippen LogP contribution is 2.15. The largest absolute Gasteiger partial charge is 0.447 e. The smallest absolute Gasteiger partial charge is 0.410 e. The summed E-state index contributed by atoms with van der Waals surface area (Å²) in [7, 11) is 1.46. The molecule has 1 aliphatic heterocycles. The Hall–Kier alpha value is -2.11. The molecule has 1 aromatic rings. The van der Waals surface area contributed by atoms with Gasteiger partial charge in [-0.25, -0.2) is 9.18 Å². The quantitative estimate of drug-likeness (QED) is 0.842. The van der Waals surface area contributed by atoms with Crippen LogP contribution in [0.4, 0.5) is 14.9 Å². The number of nitrogens with zero attached hydrogens (tertiary/aromatic N) is 1. The molecule has 0 radical (unpaired) electrons. The third-order valence-corrected chi connectivity index (χ3v) is 2.55. The second-order valence-electron chi connectivity index (χ2n) is 3.67. The van der Waals surface area contributed by atoms with Gasteiger partial charge in [-0.1, -0.05) is 12.1 Å². The maximum absolute atomic E-state index is 13.3. The summed E-state index contributed by atoms with van der Waals surface area (Å²) in [5.74, 6) is -0.989. The first-order valence-electron chi connectivity index (χ1n) is 5.04. The van der Waals surface area contributed by atoms with E-state index in [1.807, 2.05) is 0 Å². The summed E-state index contributed by atoms with van der Waals surface area (Å²) in [5, 5.41) is 2.42. The maximum Gasteiger partial charge on any atom is 0.410 e. The number of carbonyl (C=O) groups is 2. The molecule has 0 spiro atoms. The van der Waals surface area contributed by atoms with Crippen LogP contribution in [-0.4, -0.2) is 36.6 Å². The van der Waals surface area contributed by atoms with E-state index in [0.717, 1.165) is 0 Å². The number of halogens is 1. The monoisotopic (exact) mass is 238 g/mol. The van der Waals surface area contributed by atoms with Gasteiger partial charge in [0.1, 0.15) is 18.5 Å².